The van der Waals surface area contributed by atoms with E-state index in [1.807, 2.05) is 0 Å². The van der Waals surface area contributed by atoms with Gasteiger partial charge in [-0.2, -0.15) is 17.7 Å². The summed E-state index contributed by atoms with van der Waals surface area (Å²) in [5, 5.41) is 0. The van der Waals surface area contributed by atoms with E-state index in [0.29, 0.717) is 0 Å². The lowest BCUT2D eigenvalue weighted by molar-refractivity contribution is -0.195. The Bertz CT molecular complexity index is 404. The molecule has 0 heterocycles. The second kappa shape index (κ2) is 6.10. The Hall–Kier alpha value is -0.970. The van der Waals surface area contributed by atoms with Gasteiger partial charge in [-0.1, -0.05) is 18.2 Å². The first-order chi connectivity index (χ1) is 7.88. The van der Waals surface area contributed by atoms with Gasteiger partial charge in [-0.15, -0.1) is 0 Å². The van der Waals surface area contributed by atoms with Crippen LogP contribution in [0.4, 0.5) is 17.6 Å². The first-order valence-corrected chi connectivity index (χ1v) is 5.86. The maximum Gasteiger partial charge on any atom is 0.416 e. The predicted molar refractivity (Wildman–Crippen MR) is 55.1 cm³/mol. The van der Waals surface area contributed by atoms with Crippen LogP contribution in [-0.4, -0.2) is 18.6 Å². The first-order valence-electron chi connectivity index (χ1n) is 4.61. The third-order valence-electron chi connectivity index (χ3n) is 1.77. The molecule has 94 valence electrons. The van der Waals surface area contributed by atoms with Crippen molar-refractivity contribution in [2.45, 2.75) is 12.6 Å². The quantitative estimate of drug-likeness (QED) is 0.620. The van der Waals surface area contributed by atoms with Crippen LogP contribution in [0.2, 0.25) is 0 Å². The topological polar surface area (TPSA) is 32.3 Å². The fourth-order valence-electron chi connectivity index (χ4n) is 1.03. The maximum absolute atomic E-state index is 13.1. The Kier molecular flexibility index (Phi) is 5.05. The summed E-state index contributed by atoms with van der Waals surface area (Å²) < 4.78 is 52.3. The zero-order valence-corrected chi connectivity index (χ0v) is 9.47. The highest BCUT2D eigenvalue weighted by Crippen LogP contribution is 2.21. The molecule has 0 aliphatic carbocycles. The van der Waals surface area contributed by atoms with Crippen molar-refractivity contribution < 1.29 is 27.0 Å². The van der Waals surface area contributed by atoms with Gasteiger partial charge in [-0.25, -0.2) is 4.39 Å². The largest absolute Gasteiger partial charge is 0.603 e. The van der Waals surface area contributed by atoms with E-state index in [1.54, 1.807) is 6.07 Å². The van der Waals surface area contributed by atoms with Crippen molar-refractivity contribution in [3.05, 3.63) is 35.6 Å². The van der Waals surface area contributed by atoms with Crippen molar-refractivity contribution in [2.24, 2.45) is 0 Å². The second-order valence-electron chi connectivity index (χ2n) is 3.15. The molecule has 0 fully saturated rings. The number of halogens is 4. The molecule has 7 heteroatoms. The molecule has 0 amide bonds. The molecule has 1 atom stereocenters. The Labute approximate surface area is 96.4 Å². The summed E-state index contributed by atoms with van der Waals surface area (Å²) in [6, 6.07) is 5.74. The van der Waals surface area contributed by atoms with E-state index in [2.05, 4.69) is 4.52 Å². The first kappa shape index (κ1) is 14.1. The molecular formula is C10H9F4O2P. The molecule has 0 saturated carbocycles. The van der Waals surface area contributed by atoms with E-state index in [1.165, 1.54) is 18.2 Å². The lowest BCUT2D eigenvalue weighted by atomic mass is 10.2. The predicted octanol–water partition coefficient (Wildman–Crippen LogP) is 2.42. The molecule has 0 spiro atoms. The number of hydrogen-bond donors (Lipinski definition) is 0. The molecule has 0 aliphatic heterocycles. The molecule has 2 nitrogen and oxygen atoms in total. The summed E-state index contributed by atoms with van der Waals surface area (Å²) in [6.07, 6.45) is -4.56. The highest BCUT2D eigenvalue weighted by Gasteiger charge is 2.30. The third-order valence-corrected chi connectivity index (χ3v) is 2.64. The molecule has 17 heavy (non-hydrogen) atoms. The van der Waals surface area contributed by atoms with Gasteiger partial charge < -0.3 is 4.89 Å². The normalized spacial score (nSPS) is 12.9. The minimum absolute atomic E-state index is 0.0419. The minimum atomic E-state index is -4.52. The van der Waals surface area contributed by atoms with Gasteiger partial charge >= 0.3 is 6.18 Å². The second-order valence-corrected chi connectivity index (χ2v) is 4.35. The molecule has 1 aromatic carbocycles. The maximum atomic E-state index is 13.1. The van der Waals surface area contributed by atoms with E-state index in [9.17, 15) is 22.5 Å². The van der Waals surface area contributed by atoms with Gasteiger partial charge in [-0.3, -0.25) is 0 Å². The Morgan fingerprint density at radius 2 is 1.94 bits per heavy atom. The lowest BCUT2D eigenvalue weighted by Crippen LogP contribution is -2.16. The van der Waals surface area contributed by atoms with E-state index in [4.69, 9.17) is 0 Å². The Morgan fingerprint density at radius 3 is 2.53 bits per heavy atom. The van der Waals surface area contributed by atoms with Crippen molar-refractivity contribution >= 4 is 13.8 Å². The summed E-state index contributed by atoms with van der Waals surface area (Å²) in [5.74, 6) is 0.516. The van der Waals surface area contributed by atoms with Crippen molar-refractivity contribution in [1.29, 1.82) is 0 Å². The summed E-state index contributed by atoms with van der Waals surface area (Å²) in [5.41, 5.74) is 0.256. The molecule has 0 radical (unpaired) electrons. The average Bonchev–Trinajstić information content (AvgIpc) is 2.24. The Balaban J connectivity index is 2.51. The van der Waals surface area contributed by atoms with E-state index >= 15 is 0 Å². The highest BCUT2D eigenvalue weighted by molar-refractivity contribution is 7.44. The van der Waals surface area contributed by atoms with Crippen LogP contribution in [0.3, 0.4) is 0 Å². The average molecular weight is 268 g/mol. The summed E-state index contributed by atoms with van der Waals surface area (Å²) >= 11 is 0. The monoisotopic (exact) mass is 268 g/mol. The van der Waals surface area contributed by atoms with Gasteiger partial charge in [0.05, 0.1) is 0 Å². The summed E-state index contributed by atoms with van der Waals surface area (Å²) in [4.78, 5) is 11.0. The fourth-order valence-corrected chi connectivity index (χ4v) is 1.75. The number of hydrogen-bond acceptors (Lipinski definition) is 2. The van der Waals surface area contributed by atoms with Crippen LogP contribution in [0.25, 0.3) is 0 Å². The molecule has 0 N–H and O–H groups in total. The van der Waals surface area contributed by atoms with Gasteiger partial charge in [0.25, 0.3) is 0 Å². The van der Waals surface area contributed by atoms with Crippen molar-refractivity contribution in [2.75, 3.05) is 6.61 Å². The number of benzene rings is 1. The van der Waals surface area contributed by atoms with Gasteiger partial charge in [0.15, 0.2) is 6.61 Å². The van der Waals surface area contributed by atoms with E-state index in [-0.39, 0.29) is 12.0 Å². The molecule has 0 aromatic heterocycles. The molecule has 0 aliphatic rings. The molecule has 1 rings (SSSR count). The smallest absolute Gasteiger partial charge is 0.416 e. The lowest BCUT2D eigenvalue weighted by Gasteiger charge is -2.03. The zero-order valence-electron chi connectivity index (χ0n) is 8.58. The molecule has 0 saturated heterocycles. The zero-order chi connectivity index (χ0) is 12.9. The van der Waals surface area contributed by atoms with Crippen molar-refractivity contribution in [3.63, 3.8) is 0 Å². The Morgan fingerprint density at radius 1 is 1.29 bits per heavy atom. The summed E-state index contributed by atoms with van der Waals surface area (Å²) in [7, 11) is -2.54. The third kappa shape index (κ3) is 5.77. The standard InChI is InChI=1S/C10H9F4O2P/c11-9-4-2-1-3-8(9)5-6-17(15)16-7-10(12,13)14/h1-4,6H,5,7H2. The van der Waals surface area contributed by atoms with E-state index < -0.39 is 26.6 Å². The number of rotatable bonds is 4. The van der Waals surface area contributed by atoms with Gasteiger partial charge in [-0.05, 0) is 11.6 Å². The molecular weight excluding hydrogens is 259 g/mol. The van der Waals surface area contributed by atoms with Crippen LogP contribution in [0.15, 0.2) is 24.3 Å². The van der Waals surface area contributed by atoms with Gasteiger partial charge in [0.2, 0.25) is 8.00 Å². The van der Waals surface area contributed by atoms with Gasteiger partial charge in [0.1, 0.15) is 11.6 Å². The van der Waals surface area contributed by atoms with Crippen LogP contribution in [0, 0.1) is 5.82 Å². The van der Waals surface area contributed by atoms with Crippen LogP contribution in [-0.2, 0) is 10.9 Å². The van der Waals surface area contributed by atoms with Crippen LogP contribution < -0.4 is 4.89 Å². The summed E-state index contributed by atoms with van der Waals surface area (Å²) in [6.45, 7) is -1.57. The SMILES string of the molecule is [O-][P+](=CCc1ccccc1F)OCC(F)(F)F. The van der Waals surface area contributed by atoms with Crippen LogP contribution >= 0.6 is 8.00 Å². The minimum Gasteiger partial charge on any atom is -0.603 e. The molecule has 1 unspecified atom stereocenters. The van der Waals surface area contributed by atoms with Gasteiger partial charge in [0, 0.05) is 6.42 Å². The van der Waals surface area contributed by atoms with Crippen molar-refractivity contribution in [1.82, 2.24) is 0 Å². The fraction of sp³-hybridized carbons (Fsp3) is 0.300. The molecule has 0 bridgehead atoms. The molecule has 1 aromatic rings. The van der Waals surface area contributed by atoms with E-state index in [0.717, 1.165) is 5.80 Å². The van der Waals surface area contributed by atoms with Crippen LogP contribution in [0.1, 0.15) is 5.56 Å². The number of alkyl halides is 3. The van der Waals surface area contributed by atoms with Crippen molar-refractivity contribution in [3.8, 4) is 0 Å². The van der Waals surface area contributed by atoms with Crippen LogP contribution in [0.5, 0.6) is 0 Å². The highest BCUT2D eigenvalue weighted by atomic mass is 31.1.